The molecule has 0 unspecified atom stereocenters. The van der Waals surface area contributed by atoms with Crippen molar-refractivity contribution in [2.24, 2.45) is 0 Å². The van der Waals surface area contributed by atoms with Crippen molar-refractivity contribution in [1.29, 1.82) is 0 Å². The number of carbonyl (C=O) groups is 1. The topological polar surface area (TPSA) is 57.7 Å². The number of nitrogens with one attached hydrogen (secondary N) is 1. The zero-order valence-electron chi connectivity index (χ0n) is 14.2. The van der Waals surface area contributed by atoms with Crippen molar-refractivity contribution in [3.63, 3.8) is 0 Å². The molecular formula is C17H18F2N4O2S. The summed E-state index contributed by atoms with van der Waals surface area (Å²) in [5.74, 6) is -1.76. The lowest BCUT2D eigenvalue weighted by molar-refractivity contribution is -0.131. The van der Waals surface area contributed by atoms with Gasteiger partial charge in [0.05, 0.1) is 42.0 Å². The predicted molar refractivity (Wildman–Crippen MR) is 94.5 cm³/mol. The molecule has 26 heavy (non-hydrogen) atoms. The summed E-state index contributed by atoms with van der Waals surface area (Å²) in [6, 6.07) is 3.34. The number of alkyl halides is 2. The first-order chi connectivity index (χ1) is 12.4. The summed E-state index contributed by atoms with van der Waals surface area (Å²) in [5, 5.41) is 3.51. The average molecular weight is 380 g/mol. The lowest BCUT2D eigenvalue weighted by Crippen LogP contribution is -2.60. The molecule has 6 nitrogen and oxygen atoms in total. The third-order valence-electron chi connectivity index (χ3n) is 5.26. The van der Waals surface area contributed by atoms with E-state index in [0.717, 1.165) is 28.0 Å². The summed E-state index contributed by atoms with van der Waals surface area (Å²) in [7, 11) is 0. The van der Waals surface area contributed by atoms with Gasteiger partial charge in [0.25, 0.3) is 5.92 Å². The fourth-order valence-electron chi connectivity index (χ4n) is 3.97. The van der Waals surface area contributed by atoms with E-state index in [-0.39, 0.29) is 31.2 Å². The van der Waals surface area contributed by atoms with Crippen LogP contribution < -0.4 is 15.0 Å². The van der Waals surface area contributed by atoms with Crippen LogP contribution in [0.3, 0.4) is 0 Å². The van der Waals surface area contributed by atoms with Gasteiger partial charge in [-0.25, -0.2) is 18.6 Å². The molecule has 3 aliphatic heterocycles. The largest absolute Gasteiger partial charge is 0.493 e. The highest BCUT2D eigenvalue weighted by molar-refractivity contribution is 7.22. The lowest BCUT2D eigenvalue weighted by atomic mass is 10.1. The smallest absolute Gasteiger partial charge is 0.324 e. The van der Waals surface area contributed by atoms with E-state index < -0.39 is 5.92 Å². The van der Waals surface area contributed by atoms with Crippen molar-refractivity contribution >= 4 is 32.7 Å². The number of benzene rings is 1. The Morgan fingerprint density at radius 1 is 1.42 bits per heavy atom. The number of likely N-dealkylation sites (tertiary alicyclic amines) is 1. The Bertz CT molecular complexity index is 894. The molecular weight excluding hydrogens is 362 g/mol. The van der Waals surface area contributed by atoms with Crippen LogP contribution in [0.2, 0.25) is 0 Å². The molecule has 2 fully saturated rings. The summed E-state index contributed by atoms with van der Waals surface area (Å²) in [5.41, 5.74) is 1.96. The Balaban J connectivity index is 1.47. The van der Waals surface area contributed by atoms with Crippen molar-refractivity contribution in [1.82, 2.24) is 15.2 Å². The highest BCUT2D eigenvalue weighted by Gasteiger charge is 2.48. The number of hydrogen-bond donors (Lipinski definition) is 1. The number of ether oxygens (including phenoxy) is 1. The molecule has 0 bridgehead atoms. The first kappa shape index (κ1) is 16.2. The molecule has 2 atom stereocenters. The molecule has 1 N–H and O–H groups in total. The van der Waals surface area contributed by atoms with Crippen molar-refractivity contribution < 1.29 is 18.3 Å². The van der Waals surface area contributed by atoms with Gasteiger partial charge in [-0.1, -0.05) is 11.3 Å². The number of hydrogen-bond acceptors (Lipinski definition) is 5. The van der Waals surface area contributed by atoms with Gasteiger partial charge >= 0.3 is 6.03 Å². The zero-order chi connectivity index (χ0) is 18.1. The van der Waals surface area contributed by atoms with Gasteiger partial charge in [0.15, 0.2) is 5.13 Å². The first-order valence-corrected chi connectivity index (χ1v) is 9.48. The minimum atomic E-state index is -2.61. The number of nitrogens with zero attached hydrogens (tertiary/aromatic N) is 3. The van der Waals surface area contributed by atoms with Crippen LogP contribution >= 0.6 is 11.3 Å². The van der Waals surface area contributed by atoms with Crippen LogP contribution in [-0.2, 0) is 6.42 Å². The highest BCUT2D eigenvalue weighted by atomic mass is 32.1. The quantitative estimate of drug-likeness (QED) is 0.889. The Morgan fingerprint density at radius 2 is 2.23 bits per heavy atom. The fourth-order valence-corrected chi connectivity index (χ4v) is 5.02. The number of carbonyl (C=O) groups excluding carboxylic acids is 1. The number of urea groups is 1. The van der Waals surface area contributed by atoms with Crippen LogP contribution in [0.5, 0.6) is 5.75 Å². The average Bonchev–Trinajstić information content (AvgIpc) is 3.22. The van der Waals surface area contributed by atoms with E-state index in [1.807, 2.05) is 19.1 Å². The lowest BCUT2D eigenvalue weighted by Gasteiger charge is -2.41. The molecule has 3 aliphatic rings. The second kappa shape index (κ2) is 5.50. The fraction of sp³-hybridized carbons (Fsp3) is 0.529. The van der Waals surface area contributed by atoms with E-state index >= 15 is 0 Å². The van der Waals surface area contributed by atoms with Crippen molar-refractivity contribution in [3.8, 4) is 5.75 Å². The maximum atomic E-state index is 13.2. The molecule has 0 spiro atoms. The number of aromatic nitrogens is 1. The molecule has 2 aromatic rings. The van der Waals surface area contributed by atoms with Gasteiger partial charge in [0.1, 0.15) is 5.75 Å². The summed E-state index contributed by atoms with van der Waals surface area (Å²) in [4.78, 5) is 20.6. The zero-order valence-corrected chi connectivity index (χ0v) is 15.0. The SMILES string of the molecule is C[C@@H]1NC(=O)N(c2nc3c4c(ccc3s2)OCC4)[C@@H]1CN1CC(F)(F)C1. The molecule has 1 aromatic heterocycles. The van der Waals surface area contributed by atoms with Gasteiger partial charge in [0.2, 0.25) is 0 Å². The van der Waals surface area contributed by atoms with Gasteiger partial charge in [-0.2, -0.15) is 0 Å². The number of halogens is 2. The molecule has 9 heteroatoms. The molecule has 2 amide bonds. The van der Waals surface area contributed by atoms with E-state index in [1.54, 1.807) is 9.80 Å². The molecule has 138 valence electrons. The number of rotatable bonds is 3. The highest BCUT2D eigenvalue weighted by Crippen LogP contribution is 2.39. The van der Waals surface area contributed by atoms with Crippen molar-refractivity contribution in [2.45, 2.75) is 31.4 Å². The van der Waals surface area contributed by atoms with Gasteiger partial charge in [-0.05, 0) is 19.1 Å². The minimum Gasteiger partial charge on any atom is -0.493 e. The molecule has 0 saturated carbocycles. The number of thiazole rings is 1. The first-order valence-electron chi connectivity index (χ1n) is 8.66. The van der Waals surface area contributed by atoms with Crippen molar-refractivity contribution in [3.05, 3.63) is 17.7 Å². The predicted octanol–water partition coefficient (Wildman–Crippen LogP) is 2.47. The number of fused-ring (bicyclic) bond motifs is 3. The van der Waals surface area contributed by atoms with E-state index in [0.29, 0.717) is 18.3 Å². The third kappa shape index (κ3) is 2.44. The molecule has 4 heterocycles. The maximum Gasteiger partial charge on any atom is 0.324 e. The summed E-state index contributed by atoms with van der Waals surface area (Å²) >= 11 is 1.45. The molecule has 1 aromatic carbocycles. The van der Waals surface area contributed by atoms with Crippen LogP contribution in [0, 0.1) is 0 Å². The Hall–Kier alpha value is -2.00. The number of amides is 2. The van der Waals surface area contributed by atoms with E-state index in [9.17, 15) is 13.6 Å². The molecule has 0 aliphatic carbocycles. The normalized spacial score (nSPS) is 27.3. The Kier molecular flexibility index (Phi) is 3.42. The maximum absolute atomic E-state index is 13.2. The van der Waals surface area contributed by atoms with Gasteiger partial charge in [-0.3, -0.25) is 9.80 Å². The Morgan fingerprint density at radius 3 is 3.00 bits per heavy atom. The number of anilines is 1. The molecule has 2 saturated heterocycles. The van der Waals surface area contributed by atoms with Gasteiger partial charge in [-0.15, -0.1) is 0 Å². The van der Waals surface area contributed by atoms with Crippen LogP contribution in [-0.4, -0.2) is 60.2 Å². The van der Waals surface area contributed by atoms with Gasteiger partial charge in [0, 0.05) is 18.5 Å². The third-order valence-corrected chi connectivity index (χ3v) is 6.28. The minimum absolute atomic E-state index is 0.127. The Labute approximate surface area is 152 Å². The second-order valence-electron chi connectivity index (χ2n) is 7.18. The van der Waals surface area contributed by atoms with Crippen LogP contribution in [0.4, 0.5) is 18.7 Å². The second-order valence-corrected chi connectivity index (χ2v) is 8.19. The van der Waals surface area contributed by atoms with E-state index in [4.69, 9.17) is 9.72 Å². The standard InChI is InChI=1S/C17H18F2N4O2S/c1-9-11(6-22-7-17(18,19)8-22)23(15(24)20-9)16-21-14-10-4-5-25-12(10)2-3-13(14)26-16/h2-3,9,11H,4-8H2,1H3,(H,20,24)/t9-,11+/m0/s1. The summed E-state index contributed by atoms with van der Waals surface area (Å²) in [6.45, 7) is 2.46. The van der Waals surface area contributed by atoms with Crippen molar-refractivity contribution in [2.75, 3.05) is 31.1 Å². The van der Waals surface area contributed by atoms with Crippen LogP contribution in [0.25, 0.3) is 10.2 Å². The molecule has 5 rings (SSSR count). The van der Waals surface area contributed by atoms with E-state index in [1.165, 1.54) is 11.3 Å². The van der Waals surface area contributed by atoms with Crippen LogP contribution in [0.15, 0.2) is 12.1 Å². The van der Waals surface area contributed by atoms with Gasteiger partial charge < -0.3 is 10.1 Å². The summed E-state index contributed by atoms with van der Waals surface area (Å²) < 4.78 is 32.9. The van der Waals surface area contributed by atoms with E-state index in [2.05, 4.69) is 5.32 Å². The van der Waals surface area contributed by atoms with Crippen LogP contribution in [0.1, 0.15) is 12.5 Å². The summed E-state index contributed by atoms with van der Waals surface area (Å²) in [6.07, 6.45) is 0.810. The molecule has 0 radical (unpaired) electrons. The monoisotopic (exact) mass is 380 g/mol.